The molecule has 0 N–H and O–H groups in total. The highest BCUT2D eigenvalue weighted by Crippen LogP contribution is 2.25. The van der Waals surface area contributed by atoms with Crippen LogP contribution >= 0.6 is 34.7 Å². The van der Waals surface area contributed by atoms with Gasteiger partial charge in [0.2, 0.25) is 5.13 Å². The van der Waals surface area contributed by atoms with E-state index >= 15 is 0 Å². The monoisotopic (exact) mass is 491 g/mol. The number of hydrogen-bond donors (Lipinski definition) is 0. The first kappa shape index (κ1) is 22.4. The number of halogens is 2. The molecular formula is C21H19Cl2N5O3S. The van der Waals surface area contributed by atoms with Gasteiger partial charge in [-0.25, -0.2) is 4.98 Å². The average molecular weight is 492 g/mol. The lowest BCUT2D eigenvalue weighted by molar-refractivity contribution is -0.384. The van der Waals surface area contributed by atoms with Gasteiger partial charge in [0.1, 0.15) is 5.82 Å². The van der Waals surface area contributed by atoms with E-state index in [1.54, 1.807) is 4.90 Å². The Morgan fingerprint density at radius 1 is 1.09 bits per heavy atom. The van der Waals surface area contributed by atoms with E-state index in [9.17, 15) is 14.9 Å². The van der Waals surface area contributed by atoms with Crippen molar-refractivity contribution in [3.05, 3.63) is 79.6 Å². The molecule has 1 saturated heterocycles. The molecule has 0 saturated carbocycles. The lowest BCUT2D eigenvalue weighted by atomic mass is 10.1. The summed E-state index contributed by atoms with van der Waals surface area (Å²) in [6.07, 6.45) is 1.40. The van der Waals surface area contributed by atoms with E-state index in [2.05, 4.69) is 14.3 Å². The van der Waals surface area contributed by atoms with Gasteiger partial charge < -0.3 is 9.80 Å². The van der Waals surface area contributed by atoms with Gasteiger partial charge >= 0.3 is 0 Å². The molecule has 2 heterocycles. The molecule has 1 fully saturated rings. The lowest BCUT2D eigenvalue weighted by Gasteiger charge is -2.22. The zero-order valence-electron chi connectivity index (χ0n) is 16.9. The number of amides is 1. The number of anilines is 1. The first-order valence-electron chi connectivity index (χ1n) is 9.96. The fourth-order valence-corrected chi connectivity index (χ4v) is 4.62. The van der Waals surface area contributed by atoms with E-state index in [4.69, 9.17) is 23.2 Å². The zero-order chi connectivity index (χ0) is 22.7. The van der Waals surface area contributed by atoms with Crippen molar-refractivity contribution >= 4 is 51.5 Å². The SMILES string of the molecule is O=C(c1ccc([N+](=O)[O-])cc1Cl)N1CCCN(c2nc(Cc3ccc(Cl)cc3)ns2)CC1. The van der Waals surface area contributed by atoms with Crippen molar-refractivity contribution in [2.45, 2.75) is 12.8 Å². The Balaban J connectivity index is 1.40. The predicted octanol–water partition coefficient (Wildman–Crippen LogP) is 4.70. The number of nitro groups is 1. The average Bonchev–Trinajstić information content (AvgIpc) is 3.09. The molecule has 0 spiro atoms. The molecule has 1 aliphatic rings. The van der Waals surface area contributed by atoms with Crippen LogP contribution in [0.1, 0.15) is 28.2 Å². The molecular weight excluding hydrogens is 473 g/mol. The molecule has 4 rings (SSSR count). The Labute approximate surface area is 198 Å². The number of aromatic nitrogens is 2. The van der Waals surface area contributed by atoms with Gasteiger partial charge in [-0.15, -0.1) is 0 Å². The lowest BCUT2D eigenvalue weighted by Crippen LogP contribution is -2.35. The van der Waals surface area contributed by atoms with E-state index < -0.39 is 4.92 Å². The van der Waals surface area contributed by atoms with Crippen molar-refractivity contribution in [3.63, 3.8) is 0 Å². The van der Waals surface area contributed by atoms with Crippen LogP contribution in [0.15, 0.2) is 42.5 Å². The highest BCUT2D eigenvalue weighted by atomic mass is 35.5. The van der Waals surface area contributed by atoms with Crippen LogP contribution in [0.2, 0.25) is 10.0 Å². The van der Waals surface area contributed by atoms with Crippen LogP contribution in [0.5, 0.6) is 0 Å². The summed E-state index contributed by atoms with van der Waals surface area (Å²) in [5.41, 5.74) is 1.22. The topological polar surface area (TPSA) is 92.5 Å². The summed E-state index contributed by atoms with van der Waals surface area (Å²) in [6, 6.07) is 11.5. The van der Waals surface area contributed by atoms with Gasteiger partial charge in [0.05, 0.1) is 15.5 Å². The zero-order valence-corrected chi connectivity index (χ0v) is 19.2. The molecule has 166 valence electrons. The third-order valence-electron chi connectivity index (χ3n) is 5.18. The molecule has 0 aliphatic carbocycles. The van der Waals surface area contributed by atoms with Crippen LogP contribution in [0.4, 0.5) is 10.8 Å². The Morgan fingerprint density at radius 2 is 1.88 bits per heavy atom. The Hall–Kier alpha value is -2.75. The molecule has 0 radical (unpaired) electrons. The summed E-state index contributed by atoms with van der Waals surface area (Å²) < 4.78 is 4.48. The molecule has 1 aromatic heterocycles. The molecule has 0 atom stereocenters. The molecule has 1 amide bonds. The van der Waals surface area contributed by atoms with E-state index in [1.165, 1.54) is 29.7 Å². The van der Waals surface area contributed by atoms with Crippen molar-refractivity contribution in [1.29, 1.82) is 0 Å². The van der Waals surface area contributed by atoms with Crippen LogP contribution in [-0.4, -0.2) is 51.3 Å². The van der Waals surface area contributed by atoms with Crippen molar-refractivity contribution in [2.24, 2.45) is 0 Å². The number of carbonyl (C=O) groups excluding carboxylic acids is 1. The van der Waals surface area contributed by atoms with Crippen molar-refractivity contribution < 1.29 is 9.72 Å². The fourth-order valence-electron chi connectivity index (χ4n) is 3.50. The number of carbonyl (C=O) groups is 1. The molecule has 2 aromatic carbocycles. The van der Waals surface area contributed by atoms with Gasteiger partial charge in [0, 0.05) is 61.3 Å². The van der Waals surface area contributed by atoms with Gasteiger partial charge in [0.15, 0.2) is 0 Å². The summed E-state index contributed by atoms with van der Waals surface area (Å²) in [7, 11) is 0. The van der Waals surface area contributed by atoms with Crippen LogP contribution in [-0.2, 0) is 6.42 Å². The van der Waals surface area contributed by atoms with Crippen molar-refractivity contribution in [2.75, 3.05) is 31.1 Å². The predicted molar refractivity (Wildman–Crippen MR) is 125 cm³/mol. The van der Waals surface area contributed by atoms with Gasteiger partial charge in [-0.05, 0) is 30.2 Å². The number of benzene rings is 2. The second kappa shape index (κ2) is 9.81. The number of rotatable bonds is 5. The van der Waals surface area contributed by atoms with Crippen LogP contribution in [0.3, 0.4) is 0 Å². The minimum absolute atomic E-state index is 0.0845. The van der Waals surface area contributed by atoms with Crippen molar-refractivity contribution in [1.82, 2.24) is 14.3 Å². The Kier molecular flexibility index (Phi) is 6.88. The number of nitro benzene ring substituents is 1. The Bertz CT molecular complexity index is 1140. The molecule has 0 unspecified atom stereocenters. The van der Waals surface area contributed by atoms with Gasteiger partial charge in [-0.2, -0.15) is 4.37 Å². The summed E-state index contributed by atoms with van der Waals surface area (Å²) in [6.45, 7) is 2.44. The largest absolute Gasteiger partial charge is 0.345 e. The normalized spacial score (nSPS) is 14.3. The molecule has 1 aliphatic heterocycles. The van der Waals surface area contributed by atoms with E-state index in [0.29, 0.717) is 31.1 Å². The second-order valence-corrected chi connectivity index (χ2v) is 8.92. The van der Waals surface area contributed by atoms with Gasteiger partial charge in [-0.1, -0.05) is 35.3 Å². The minimum atomic E-state index is -0.535. The van der Waals surface area contributed by atoms with E-state index in [-0.39, 0.29) is 22.2 Å². The molecule has 8 nitrogen and oxygen atoms in total. The number of nitrogens with zero attached hydrogens (tertiary/aromatic N) is 5. The number of hydrogen-bond acceptors (Lipinski definition) is 7. The van der Waals surface area contributed by atoms with Crippen LogP contribution < -0.4 is 4.90 Å². The molecule has 32 heavy (non-hydrogen) atoms. The Morgan fingerprint density at radius 3 is 2.59 bits per heavy atom. The number of non-ortho nitro benzene ring substituents is 1. The third-order valence-corrected chi connectivity index (χ3v) is 6.56. The maximum atomic E-state index is 12.9. The summed E-state index contributed by atoms with van der Waals surface area (Å²) in [4.78, 5) is 31.8. The summed E-state index contributed by atoms with van der Waals surface area (Å²) in [5.74, 6) is 0.523. The molecule has 11 heteroatoms. The maximum absolute atomic E-state index is 12.9. The van der Waals surface area contributed by atoms with Gasteiger partial charge in [-0.3, -0.25) is 14.9 Å². The first-order chi connectivity index (χ1) is 15.4. The molecule has 3 aromatic rings. The van der Waals surface area contributed by atoms with Crippen LogP contribution in [0, 0.1) is 10.1 Å². The molecule has 0 bridgehead atoms. The second-order valence-electron chi connectivity index (χ2n) is 7.35. The summed E-state index contributed by atoms with van der Waals surface area (Å²) in [5, 5.41) is 12.5. The smallest absolute Gasteiger partial charge is 0.270 e. The maximum Gasteiger partial charge on any atom is 0.270 e. The standard InChI is InChI=1S/C21H19Cl2N5O3S/c22-15-4-2-14(3-5-15)12-19-24-21(32-25-19)27-9-1-8-26(10-11-27)20(29)17-7-6-16(28(30)31)13-18(17)23/h2-7,13H,1,8-12H2. The quantitative estimate of drug-likeness (QED) is 0.379. The highest BCUT2D eigenvalue weighted by molar-refractivity contribution is 7.09. The summed E-state index contributed by atoms with van der Waals surface area (Å²) >= 11 is 13.4. The van der Waals surface area contributed by atoms with Crippen LogP contribution in [0.25, 0.3) is 0 Å². The fraction of sp³-hybridized carbons (Fsp3) is 0.286. The highest BCUT2D eigenvalue weighted by Gasteiger charge is 2.24. The minimum Gasteiger partial charge on any atom is -0.345 e. The van der Waals surface area contributed by atoms with Gasteiger partial charge in [0.25, 0.3) is 11.6 Å². The van der Waals surface area contributed by atoms with E-state index in [0.717, 1.165) is 29.5 Å². The van der Waals surface area contributed by atoms with E-state index in [1.807, 2.05) is 24.3 Å². The van der Waals surface area contributed by atoms with Crippen molar-refractivity contribution in [3.8, 4) is 0 Å². The third kappa shape index (κ3) is 5.17. The first-order valence-corrected chi connectivity index (χ1v) is 11.5.